The summed E-state index contributed by atoms with van der Waals surface area (Å²) >= 11 is 1.24. The number of hydrogen-bond donors (Lipinski definition) is 3. The topological polar surface area (TPSA) is 151 Å². The molecule has 0 saturated carbocycles. The van der Waals surface area contributed by atoms with Crippen molar-refractivity contribution in [2.45, 2.75) is 32.0 Å². The maximum absolute atomic E-state index is 12.4. The molecule has 25 heavy (non-hydrogen) atoms. The van der Waals surface area contributed by atoms with E-state index in [1.807, 2.05) is 0 Å². The summed E-state index contributed by atoms with van der Waals surface area (Å²) in [6.07, 6.45) is 0. The molecule has 0 radical (unpaired) electrons. The van der Waals surface area contributed by atoms with Crippen LogP contribution < -0.4 is 11.1 Å². The molecule has 12 heteroatoms. The Morgan fingerprint density at radius 1 is 1.60 bits per heavy atom. The maximum atomic E-state index is 12.4. The molecule has 2 rings (SSSR count). The van der Waals surface area contributed by atoms with Gasteiger partial charge in [-0.25, -0.2) is 4.31 Å². The Bertz CT molecular complexity index is 774. The van der Waals surface area contributed by atoms with Crippen molar-refractivity contribution < 1.29 is 27.4 Å². The highest BCUT2D eigenvalue weighted by Gasteiger charge is 2.51. The summed E-state index contributed by atoms with van der Waals surface area (Å²) in [5.74, 6) is -1.63. The third kappa shape index (κ3) is 4.34. The Morgan fingerprint density at radius 3 is 2.76 bits per heavy atom. The number of oxime groups is 1. The highest BCUT2D eigenvalue weighted by atomic mass is 32.2. The van der Waals surface area contributed by atoms with Crippen LogP contribution in [0, 0.1) is 0 Å². The predicted molar refractivity (Wildman–Crippen MR) is 90.2 cm³/mol. The molecule has 0 aliphatic carbocycles. The van der Waals surface area contributed by atoms with Crippen LogP contribution in [0.1, 0.15) is 18.7 Å². The van der Waals surface area contributed by atoms with E-state index in [1.54, 1.807) is 24.4 Å². The molecular weight excluding hydrogens is 372 g/mol. The number of thiophene rings is 1. The van der Waals surface area contributed by atoms with E-state index in [4.69, 9.17) is 15.1 Å². The number of hydrogen-bond acceptors (Lipinski definition) is 8. The third-order valence-electron chi connectivity index (χ3n) is 3.33. The molecule has 1 aliphatic rings. The zero-order chi connectivity index (χ0) is 18.8. The molecule has 0 aromatic carbocycles. The summed E-state index contributed by atoms with van der Waals surface area (Å²) in [5.41, 5.74) is 5.50. The number of amides is 2. The molecule has 1 fully saturated rings. The fourth-order valence-corrected chi connectivity index (χ4v) is 3.73. The second-order valence-electron chi connectivity index (χ2n) is 5.49. The van der Waals surface area contributed by atoms with Gasteiger partial charge in [-0.1, -0.05) is 11.2 Å². The maximum Gasteiger partial charge on any atom is 0.362 e. The molecule has 4 N–H and O–H groups in total. The minimum Gasteiger partial charge on any atom is -0.393 e. The number of nitrogens with two attached hydrogens (primary N) is 1. The highest BCUT2D eigenvalue weighted by molar-refractivity contribution is 7.84. The fourth-order valence-electron chi connectivity index (χ4n) is 2.14. The van der Waals surface area contributed by atoms with Gasteiger partial charge < -0.3 is 15.9 Å². The predicted octanol–water partition coefficient (Wildman–Crippen LogP) is -0.666. The summed E-state index contributed by atoms with van der Waals surface area (Å²) < 4.78 is 31.4. The Labute approximate surface area is 148 Å². The summed E-state index contributed by atoms with van der Waals surface area (Å²) in [6, 6.07) is 1.07. The van der Waals surface area contributed by atoms with Gasteiger partial charge in [0.25, 0.3) is 11.8 Å². The monoisotopic (exact) mass is 390 g/mol. The van der Waals surface area contributed by atoms with Gasteiger partial charge in [-0.15, -0.1) is 11.3 Å². The number of β-lactam (4-membered cyclic amide) rings is 1. The zero-order valence-electron chi connectivity index (χ0n) is 13.4. The van der Waals surface area contributed by atoms with E-state index in [-0.39, 0.29) is 18.4 Å². The van der Waals surface area contributed by atoms with Crippen LogP contribution in [0.3, 0.4) is 0 Å². The van der Waals surface area contributed by atoms with Crippen LogP contribution in [-0.4, -0.2) is 59.5 Å². The first-order chi connectivity index (χ1) is 11.6. The summed E-state index contributed by atoms with van der Waals surface area (Å²) in [5, 5.41) is 7.92. The average molecular weight is 390 g/mol. The highest BCUT2D eigenvalue weighted by Crippen LogP contribution is 2.23. The van der Waals surface area contributed by atoms with Gasteiger partial charge in [0.2, 0.25) is 0 Å². The van der Waals surface area contributed by atoms with Crippen LogP contribution >= 0.6 is 11.3 Å². The van der Waals surface area contributed by atoms with Crippen molar-refractivity contribution in [3.8, 4) is 0 Å². The molecule has 3 atom stereocenters. The average Bonchev–Trinajstić information content (AvgIpc) is 3.01. The number of rotatable bonds is 7. The van der Waals surface area contributed by atoms with Crippen LogP contribution in [-0.2, 0) is 24.7 Å². The van der Waals surface area contributed by atoms with Gasteiger partial charge in [0, 0.05) is 6.04 Å². The van der Waals surface area contributed by atoms with Crippen LogP contribution in [0.15, 0.2) is 22.7 Å². The van der Waals surface area contributed by atoms with Crippen molar-refractivity contribution in [2.75, 3.05) is 6.61 Å². The molecule has 0 bridgehead atoms. The van der Waals surface area contributed by atoms with E-state index in [0.29, 0.717) is 9.18 Å². The molecule has 1 aromatic rings. The standard InChI is InChI=1S/C13H18N4O6S2/c1-7(14)6-23-16-11(9-4-3-5-24-9)12(18)15-10-8(2)17(13(10)19)25(20,21)22/h3-5,7-8,10H,6,14H2,1-2H3,(H,15,18)(H,20,21,22)/b16-11-/t7?,8-,10-/m0/s1. The zero-order valence-corrected chi connectivity index (χ0v) is 15.1. The van der Waals surface area contributed by atoms with E-state index >= 15 is 0 Å². The van der Waals surface area contributed by atoms with Crippen molar-refractivity contribution >= 4 is 39.2 Å². The Kier molecular flexibility index (Phi) is 5.77. The Balaban J connectivity index is 2.12. The van der Waals surface area contributed by atoms with Crippen LogP contribution in [0.25, 0.3) is 0 Å². The van der Waals surface area contributed by atoms with E-state index in [1.165, 1.54) is 18.3 Å². The largest absolute Gasteiger partial charge is 0.393 e. The molecule has 2 amide bonds. The van der Waals surface area contributed by atoms with Gasteiger partial charge in [-0.2, -0.15) is 8.42 Å². The van der Waals surface area contributed by atoms with Gasteiger partial charge in [0.15, 0.2) is 5.71 Å². The third-order valence-corrected chi connectivity index (χ3v) is 5.22. The van der Waals surface area contributed by atoms with E-state index < -0.39 is 34.2 Å². The SMILES string of the molecule is CC(N)CO/N=C(\C(=O)N[C@@H]1C(=O)N(S(=O)(=O)O)[C@H]1C)c1cccs1. The molecule has 2 heterocycles. The van der Waals surface area contributed by atoms with Gasteiger partial charge in [-0.05, 0) is 25.3 Å². The smallest absolute Gasteiger partial charge is 0.362 e. The van der Waals surface area contributed by atoms with Crippen LogP contribution in [0.4, 0.5) is 0 Å². The normalized spacial score (nSPS) is 22.3. The molecule has 1 unspecified atom stereocenters. The summed E-state index contributed by atoms with van der Waals surface area (Å²) in [4.78, 5) is 29.8. The molecule has 1 aliphatic heterocycles. The van der Waals surface area contributed by atoms with E-state index in [9.17, 15) is 18.0 Å². The quantitative estimate of drug-likeness (QED) is 0.242. The minimum atomic E-state index is -4.65. The molecule has 1 saturated heterocycles. The van der Waals surface area contributed by atoms with Crippen molar-refractivity contribution in [3.63, 3.8) is 0 Å². The molecule has 10 nitrogen and oxygen atoms in total. The van der Waals surface area contributed by atoms with Crippen molar-refractivity contribution in [2.24, 2.45) is 10.9 Å². The second kappa shape index (κ2) is 7.47. The first kappa shape index (κ1) is 19.3. The first-order valence-corrected chi connectivity index (χ1v) is 9.51. The van der Waals surface area contributed by atoms with Gasteiger partial charge in [-0.3, -0.25) is 14.1 Å². The number of carbonyl (C=O) groups is 2. The van der Waals surface area contributed by atoms with Gasteiger partial charge >= 0.3 is 10.3 Å². The van der Waals surface area contributed by atoms with Crippen molar-refractivity contribution in [1.29, 1.82) is 0 Å². The van der Waals surface area contributed by atoms with Crippen molar-refractivity contribution in [3.05, 3.63) is 22.4 Å². The van der Waals surface area contributed by atoms with Crippen LogP contribution in [0.5, 0.6) is 0 Å². The van der Waals surface area contributed by atoms with Gasteiger partial charge in [0.05, 0.1) is 10.9 Å². The molecule has 1 aromatic heterocycles. The molecular formula is C13H18N4O6S2. The number of nitrogens with one attached hydrogen (secondary N) is 1. The number of nitrogens with zero attached hydrogens (tertiary/aromatic N) is 2. The van der Waals surface area contributed by atoms with E-state index in [0.717, 1.165) is 0 Å². The summed E-state index contributed by atoms with van der Waals surface area (Å²) in [7, 11) is -4.65. The van der Waals surface area contributed by atoms with Crippen LogP contribution in [0.2, 0.25) is 0 Å². The molecule has 138 valence electrons. The lowest BCUT2D eigenvalue weighted by molar-refractivity contribution is -0.143. The van der Waals surface area contributed by atoms with E-state index in [2.05, 4.69) is 10.5 Å². The lowest BCUT2D eigenvalue weighted by atomic mass is 10.0. The minimum absolute atomic E-state index is 0.0547. The van der Waals surface area contributed by atoms with Crippen molar-refractivity contribution in [1.82, 2.24) is 9.62 Å². The Hall–Kier alpha value is -2.02. The number of carbonyl (C=O) groups excluding carboxylic acids is 2. The first-order valence-electron chi connectivity index (χ1n) is 7.24. The fraction of sp³-hybridized carbons (Fsp3) is 0.462. The van der Waals surface area contributed by atoms with Gasteiger partial charge in [0.1, 0.15) is 12.6 Å². The second-order valence-corrected chi connectivity index (χ2v) is 7.73. The molecule has 0 spiro atoms. The lowest BCUT2D eigenvalue weighted by Crippen LogP contribution is -2.71. The Morgan fingerprint density at radius 2 is 2.28 bits per heavy atom. The lowest BCUT2D eigenvalue weighted by Gasteiger charge is -2.42. The summed E-state index contributed by atoms with van der Waals surface area (Å²) in [6.45, 7) is 3.19.